The summed E-state index contributed by atoms with van der Waals surface area (Å²) in [7, 11) is 1.99. The number of rotatable bonds is 5. The molecule has 0 spiro atoms. The Morgan fingerprint density at radius 3 is 2.50 bits per heavy atom. The highest BCUT2D eigenvalue weighted by atomic mass is 32.1. The van der Waals surface area contributed by atoms with Gasteiger partial charge in [-0.25, -0.2) is 0 Å². The van der Waals surface area contributed by atoms with E-state index in [2.05, 4.69) is 54.9 Å². The smallest absolute Gasteiger partial charge is 0.0296 e. The Kier molecular flexibility index (Phi) is 4.56. The summed E-state index contributed by atoms with van der Waals surface area (Å²) in [6.45, 7) is 5.47. The lowest BCUT2D eigenvalue weighted by Crippen LogP contribution is -2.02. The first-order chi connectivity index (χ1) is 8.74. The molecule has 0 aliphatic heterocycles. The summed E-state index contributed by atoms with van der Waals surface area (Å²) in [5, 5.41) is 5.43. The van der Waals surface area contributed by atoms with Crippen LogP contribution in [0.5, 0.6) is 0 Å². The quantitative estimate of drug-likeness (QED) is 0.824. The second-order valence-electron chi connectivity index (χ2n) is 4.76. The van der Waals surface area contributed by atoms with Gasteiger partial charge in [-0.1, -0.05) is 38.1 Å². The lowest BCUT2D eigenvalue weighted by atomic mass is 9.96. The zero-order chi connectivity index (χ0) is 13.0. The minimum absolute atomic E-state index is 0.654. The Labute approximate surface area is 114 Å². The molecule has 1 atom stereocenters. The van der Waals surface area contributed by atoms with Gasteiger partial charge >= 0.3 is 0 Å². The number of hydrogen-bond acceptors (Lipinski definition) is 2. The van der Waals surface area contributed by atoms with Gasteiger partial charge in [-0.2, -0.15) is 0 Å². The minimum Gasteiger partial charge on any atom is -0.315 e. The van der Waals surface area contributed by atoms with E-state index in [-0.39, 0.29) is 0 Å². The maximum Gasteiger partial charge on any atom is 0.0296 e. The van der Waals surface area contributed by atoms with Crippen LogP contribution in [0.2, 0.25) is 0 Å². The summed E-state index contributed by atoms with van der Waals surface area (Å²) in [5.41, 5.74) is 4.09. The Balaban J connectivity index is 2.17. The van der Waals surface area contributed by atoms with Gasteiger partial charge in [-0.05, 0) is 47.5 Å². The zero-order valence-electron chi connectivity index (χ0n) is 11.4. The number of benzene rings is 1. The van der Waals surface area contributed by atoms with Gasteiger partial charge in [-0.15, -0.1) is 11.3 Å². The van der Waals surface area contributed by atoms with Crippen LogP contribution in [0.25, 0.3) is 11.1 Å². The lowest BCUT2D eigenvalue weighted by Gasteiger charge is -2.09. The molecular formula is C16H21NS. The first kappa shape index (κ1) is 13.3. The summed E-state index contributed by atoms with van der Waals surface area (Å²) in [6, 6.07) is 11.3. The van der Waals surface area contributed by atoms with Crippen molar-refractivity contribution in [3.05, 3.63) is 46.2 Å². The van der Waals surface area contributed by atoms with E-state index >= 15 is 0 Å². The lowest BCUT2D eigenvalue weighted by molar-refractivity contribution is 0.734. The predicted molar refractivity (Wildman–Crippen MR) is 81.2 cm³/mol. The van der Waals surface area contributed by atoms with Crippen LogP contribution in [0.3, 0.4) is 0 Å². The van der Waals surface area contributed by atoms with Crippen molar-refractivity contribution in [3.63, 3.8) is 0 Å². The van der Waals surface area contributed by atoms with Gasteiger partial charge in [0.2, 0.25) is 0 Å². The number of nitrogens with one attached hydrogen (secondary N) is 1. The maximum atomic E-state index is 3.19. The molecule has 0 radical (unpaired) electrons. The summed E-state index contributed by atoms with van der Waals surface area (Å²) >= 11 is 1.82. The molecule has 0 amide bonds. The fourth-order valence-electron chi connectivity index (χ4n) is 2.04. The van der Waals surface area contributed by atoms with Crippen LogP contribution in [0.15, 0.2) is 35.7 Å². The highest BCUT2D eigenvalue weighted by Crippen LogP contribution is 2.27. The monoisotopic (exact) mass is 259 g/mol. The van der Waals surface area contributed by atoms with Crippen LogP contribution in [-0.2, 0) is 6.54 Å². The highest BCUT2D eigenvalue weighted by molar-refractivity contribution is 7.10. The molecular weight excluding hydrogens is 238 g/mol. The summed E-state index contributed by atoms with van der Waals surface area (Å²) < 4.78 is 0. The van der Waals surface area contributed by atoms with Gasteiger partial charge in [0.1, 0.15) is 0 Å². The van der Waals surface area contributed by atoms with Gasteiger partial charge in [0.05, 0.1) is 0 Å². The molecule has 2 aromatic rings. The molecule has 1 aromatic heterocycles. The van der Waals surface area contributed by atoms with Crippen molar-refractivity contribution in [2.75, 3.05) is 7.05 Å². The van der Waals surface area contributed by atoms with Crippen LogP contribution >= 0.6 is 11.3 Å². The first-order valence-electron chi connectivity index (χ1n) is 6.57. The molecule has 2 rings (SSSR count). The van der Waals surface area contributed by atoms with Crippen LogP contribution in [0.1, 0.15) is 36.6 Å². The third kappa shape index (κ3) is 3.01. The van der Waals surface area contributed by atoms with Crippen molar-refractivity contribution in [2.45, 2.75) is 32.7 Å². The van der Waals surface area contributed by atoms with Crippen molar-refractivity contribution in [1.29, 1.82) is 0 Å². The van der Waals surface area contributed by atoms with E-state index < -0.39 is 0 Å². The van der Waals surface area contributed by atoms with Crippen LogP contribution in [0.4, 0.5) is 0 Å². The average molecular weight is 259 g/mol. The van der Waals surface area contributed by atoms with Gasteiger partial charge in [0.15, 0.2) is 0 Å². The summed E-state index contributed by atoms with van der Waals surface area (Å²) in [6.07, 6.45) is 1.20. The van der Waals surface area contributed by atoms with Gasteiger partial charge in [0, 0.05) is 11.4 Å². The zero-order valence-corrected chi connectivity index (χ0v) is 12.2. The molecule has 0 saturated carbocycles. The van der Waals surface area contributed by atoms with E-state index in [0.717, 1.165) is 6.54 Å². The van der Waals surface area contributed by atoms with Crippen molar-refractivity contribution in [1.82, 2.24) is 5.32 Å². The molecule has 1 aromatic carbocycles. The molecule has 0 saturated heterocycles. The third-order valence-electron chi connectivity index (χ3n) is 3.43. The Bertz CT molecular complexity index is 484. The van der Waals surface area contributed by atoms with Crippen LogP contribution < -0.4 is 5.32 Å². The molecule has 1 heterocycles. The third-order valence-corrected chi connectivity index (χ3v) is 4.37. The molecule has 1 nitrogen and oxygen atoms in total. The van der Waals surface area contributed by atoms with E-state index in [4.69, 9.17) is 0 Å². The largest absolute Gasteiger partial charge is 0.315 e. The van der Waals surface area contributed by atoms with E-state index in [9.17, 15) is 0 Å². The molecule has 1 unspecified atom stereocenters. The Morgan fingerprint density at radius 1 is 1.17 bits per heavy atom. The first-order valence-corrected chi connectivity index (χ1v) is 7.45. The van der Waals surface area contributed by atoms with Crippen LogP contribution in [0, 0.1) is 0 Å². The number of hydrogen-bond donors (Lipinski definition) is 1. The molecule has 18 heavy (non-hydrogen) atoms. The molecule has 2 heteroatoms. The van der Waals surface area contributed by atoms with E-state index in [0.29, 0.717) is 5.92 Å². The van der Waals surface area contributed by atoms with Gasteiger partial charge < -0.3 is 5.32 Å². The van der Waals surface area contributed by atoms with Crippen molar-refractivity contribution in [2.24, 2.45) is 0 Å². The molecule has 1 N–H and O–H groups in total. The molecule has 0 aliphatic rings. The molecule has 96 valence electrons. The second kappa shape index (κ2) is 6.17. The molecule has 0 fully saturated rings. The van der Waals surface area contributed by atoms with E-state index in [1.54, 1.807) is 0 Å². The van der Waals surface area contributed by atoms with Crippen molar-refractivity contribution in [3.8, 4) is 11.1 Å². The average Bonchev–Trinajstić information content (AvgIpc) is 2.87. The predicted octanol–water partition coefficient (Wildman–Crippen LogP) is 4.65. The normalized spacial score (nSPS) is 12.6. The van der Waals surface area contributed by atoms with E-state index in [1.807, 2.05) is 18.4 Å². The maximum absolute atomic E-state index is 3.19. The Hall–Kier alpha value is -1.12. The van der Waals surface area contributed by atoms with Gasteiger partial charge in [-0.3, -0.25) is 0 Å². The number of thiophene rings is 1. The fourth-order valence-corrected chi connectivity index (χ4v) is 2.94. The SMILES string of the molecule is CCC(C)c1ccc(-c2csc(CNC)c2)cc1. The molecule has 0 bridgehead atoms. The van der Waals surface area contributed by atoms with Crippen molar-refractivity contribution >= 4 is 11.3 Å². The van der Waals surface area contributed by atoms with Gasteiger partial charge in [0.25, 0.3) is 0 Å². The van der Waals surface area contributed by atoms with E-state index in [1.165, 1.54) is 28.0 Å². The van der Waals surface area contributed by atoms with Crippen LogP contribution in [-0.4, -0.2) is 7.05 Å². The van der Waals surface area contributed by atoms with Crippen molar-refractivity contribution < 1.29 is 0 Å². The fraction of sp³-hybridized carbons (Fsp3) is 0.375. The minimum atomic E-state index is 0.654. The topological polar surface area (TPSA) is 12.0 Å². The summed E-state index contributed by atoms with van der Waals surface area (Å²) in [4.78, 5) is 1.39. The standard InChI is InChI=1S/C16H21NS/c1-4-12(2)13-5-7-14(8-6-13)15-9-16(10-17-3)18-11-15/h5-9,11-12,17H,4,10H2,1-3H3. The second-order valence-corrected chi connectivity index (χ2v) is 5.76. The highest BCUT2D eigenvalue weighted by Gasteiger charge is 2.05. The Morgan fingerprint density at radius 2 is 1.89 bits per heavy atom. The summed E-state index contributed by atoms with van der Waals surface area (Å²) in [5.74, 6) is 0.654. The molecule has 0 aliphatic carbocycles.